The van der Waals surface area contributed by atoms with Crippen LogP contribution in [0.25, 0.3) is 0 Å². The average molecular weight is 744 g/mol. The standard InChI is InChI=1S/C48H100ClP/c1-5-9-13-17-19-21-23-25-27-29-31-33-35-37-39-43-47-50(49,45-41-15-11-7-3,46-42-16-12-8-4)48-44-40-38-36-34-32-30-28-26-24-22-20-18-14-10-6-2/h5-48H2,1-4H3. The molecule has 0 spiro atoms. The van der Waals surface area contributed by atoms with Crippen molar-refractivity contribution in [3.63, 3.8) is 0 Å². The van der Waals surface area contributed by atoms with Crippen LogP contribution in [0.5, 0.6) is 0 Å². The normalized spacial score (nSPS) is 12.9. The molecule has 304 valence electrons. The van der Waals surface area contributed by atoms with Gasteiger partial charge >= 0.3 is 248 Å². The Morgan fingerprint density at radius 3 is 0.480 bits per heavy atom. The summed E-state index contributed by atoms with van der Waals surface area (Å²) in [6.07, 6.45) is 63.3. The van der Waals surface area contributed by atoms with E-state index in [4.69, 9.17) is 11.2 Å². The third-order valence-electron chi connectivity index (χ3n) is 12.3. The molecule has 50 heavy (non-hydrogen) atoms. The molecule has 0 nitrogen and oxygen atoms in total. The molecule has 0 amide bonds. The van der Waals surface area contributed by atoms with Gasteiger partial charge in [-0.05, 0) is 0 Å². The molecule has 2 heteroatoms. The first-order chi connectivity index (χ1) is 24.5. The fourth-order valence-corrected chi connectivity index (χ4v) is 15.5. The van der Waals surface area contributed by atoms with E-state index in [-0.39, 0.29) is 0 Å². The molecule has 0 aromatic carbocycles. The van der Waals surface area contributed by atoms with Crippen molar-refractivity contribution in [1.82, 2.24) is 0 Å². The van der Waals surface area contributed by atoms with Crippen LogP contribution in [0.2, 0.25) is 0 Å². The molecule has 0 N–H and O–H groups in total. The van der Waals surface area contributed by atoms with Crippen LogP contribution in [0, 0.1) is 0 Å². The third-order valence-corrected chi connectivity index (χ3v) is 20.0. The van der Waals surface area contributed by atoms with Crippen LogP contribution >= 0.6 is 17.2 Å². The fraction of sp³-hybridized carbons (Fsp3) is 1.00. The van der Waals surface area contributed by atoms with Crippen molar-refractivity contribution in [3.05, 3.63) is 0 Å². The number of hydrogen-bond acceptors (Lipinski definition) is 0. The van der Waals surface area contributed by atoms with E-state index >= 15 is 0 Å². The van der Waals surface area contributed by atoms with Crippen molar-refractivity contribution in [1.29, 1.82) is 0 Å². The van der Waals surface area contributed by atoms with E-state index < -0.39 is 5.96 Å². The Morgan fingerprint density at radius 2 is 0.320 bits per heavy atom. The average Bonchev–Trinajstić information content (AvgIpc) is 3.12. The summed E-state index contributed by atoms with van der Waals surface area (Å²) in [4.78, 5) is 0. The number of hydrogen-bond donors (Lipinski definition) is 0. The Labute approximate surface area is 325 Å². The van der Waals surface area contributed by atoms with E-state index in [9.17, 15) is 0 Å². The number of rotatable bonds is 44. The SMILES string of the molecule is CCCCCCCCCCCCCCCCCCP(Cl)(CCCCCC)(CCCCCC)CCCCCCCCCCCCCCCCCC. The van der Waals surface area contributed by atoms with Crippen molar-refractivity contribution < 1.29 is 0 Å². The molecule has 0 saturated carbocycles. The first-order valence-corrected chi connectivity index (χ1v) is 28.1. The second-order valence-corrected chi connectivity index (χ2v) is 25.7. The molecule has 0 aliphatic rings. The molecule has 0 rings (SSSR count). The van der Waals surface area contributed by atoms with E-state index in [1.54, 1.807) is 0 Å². The zero-order valence-electron chi connectivity index (χ0n) is 35.9. The molecule has 0 atom stereocenters. The van der Waals surface area contributed by atoms with Gasteiger partial charge in [0.05, 0.1) is 0 Å². The van der Waals surface area contributed by atoms with Gasteiger partial charge in [-0.3, -0.25) is 0 Å². The van der Waals surface area contributed by atoms with Gasteiger partial charge in [0.25, 0.3) is 0 Å². The quantitative estimate of drug-likeness (QED) is 0.0431. The molecule has 0 aliphatic heterocycles. The van der Waals surface area contributed by atoms with Gasteiger partial charge < -0.3 is 0 Å². The predicted molar refractivity (Wildman–Crippen MR) is 240 cm³/mol. The summed E-state index contributed by atoms with van der Waals surface area (Å²) in [7, 11) is 0. The summed E-state index contributed by atoms with van der Waals surface area (Å²) in [5, 5.41) is 0. The second kappa shape index (κ2) is 39.4. The summed E-state index contributed by atoms with van der Waals surface area (Å²) < 4.78 is 0. The minimum Gasteiger partial charge on any atom is -0.0654 e. The van der Waals surface area contributed by atoms with Gasteiger partial charge in [0, 0.05) is 0 Å². The van der Waals surface area contributed by atoms with E-state index in [0.29, 0.717) is 0 Å². The molecule has 0 fully saturated rings. The minimum atomic E-state index is -2.14. The van der Waals surface area contributed by atoms with E-state index in [0.717, 1.165) is 0 Å². The number of unbranched alkanes of at least 4 members (excludes halogenated alkanes) is 36. The molecule has 0 unspecified atom stereocenters. The van der Waals surface area contributed by atoms with Crippen LogP contribution in [-0.2, 0) is 0 Å². The van der Waals surface area contributed by atoms with Crippen molar-refractivity contribution in [2.75, 3.05) is 24.6 Å². The molecule has 0 aromatic rings. The zero-order valence-corrected chi connectivity index (χ0v) is 37.6. The number of halogens is 1. The summed E-state index contributed by atoms with van der Waals surface area (Å²) in [6, 6.07) is 0. The molecule has 0 radical (unpaired) electrons. The van der Waals surface area contributed by atoms with Crippen LogP contribution in [0.3, 0.4) is 0 Å². The molecular formula is C48H100ClP. The molecule has 0 saturated heterocycles. The Morgan fingerprint density at radius 1 is 0.200 bits per heavy atom. The van der Waals surface area contributed by atoms with E-state index in [2.05, 4.69) is 27.7 Å². The maximum atomic E-state index is 8.22. The van der Waals surface area contributed by atoms with Crippen LogP contribution in [0.15, 0.2) is 0 Å². The first kappa shape index (κ1) is 50.7. The Bertz CT molecular complexity index is 580. The Balaban J connectivity index is 4.40. The van der Waals surface area contributed by atoms with Crippen molar-refractivity contribution in [2.24, 2.45) is 0 Å². The van der Waals surface area contributed by atoms with Crippen molar-refractivity contribution >= 4 is 17.2 Å². The van der Waals surface area contributed by atoms with Gasteiger partial charge in [-0.1, -0.05) is 78.1 Å². The summed E-state index contributed by atoms with van der Waals surface area (Å²) in [5.74, 6) is -2.14. The van der Waals surface area contributed by atoms with Gasteiger partial charge in [-0.25, -0.2) is 0 Å². The Hall–Kier alpha value is 0.720. The zero-order chi connectivity index (χ0) is 36.6. The van der Waals surface area contributed by atoms with Crippen molar-refractivity contribution in [2.45, 2.75) is 285 Å². The monoisotopic (exact) mass is 743 g/mol. The maximum absolute atomic E-state index is 8.22. The minimum absolute atomic E-state index is 1.34. The van der Waals surface area contributed by atoms with Crippen LogP contribution in [-0.4, -0.2) is 24.6 Å². The predicted octanol–water partition coefficient (Wildman–Crippen LogP) is 19.4. The van der Waals surface area contributed by atoms with Crippen LogP contribution in [0.1, 0.15) is 285 Å². The van der Waals surface area contributed by atoms with Gasteiger partial charge in [0.15, 0.2) is 0 Å². The fourth-order valence-electron chi connectivity index (χ4n) is 8.65. The molecule has 0 bridgehead atoms. The Kier molecular flexibility index (Phi) is 40.0. The summed E-state index contributed by atoms with van der Waals surface area (Å²) in [5.41, 5.74) is 0. The van der Waals surface area contributed by atoms with Crippen molar-refractivity contribution in [3.8, 4) is 0 Å². The van der Waals surface area contributed by atoms with Gasteiger partial charge in [-0.15, -0.1) is 0 Å². The molecule has 0 aromatic heterocycles. The van der Waals surface area contributed by atoms with Gasteiger partial charge in [0.1, 0.15) is 0 Å². The van der Waals surface area contributed by atoms with E-state index in [1.807, 2.05) is 0 Å². The molecular weight excluding hydrogens is 643 g/mol. The van der Waals surface area contributed by atoms with Gasteiger partial charge in [0.2, 0.25) is 0 Å². The first-order valence-electron chi connectivity index (χ1n) is 24.3. The summed E-state index contributed by atoms with van der Waals surface area (Å²) >= 11 is 8.22. The molecule has 0 aliphatic carbocycles. The summed E-state index contributed by atoms with van der Waals surface area (Å²) in [6.45, 7) is 9.35. The van der Waals surface area contributed by atoms with Gasteiger partial charge in [-0.2, -0.15) is 0 Å². The molecule has 0 heterocycles. The second-order valence-electron chi connectivity index (χ2n) is 17.4. The van der Waals surface area contributed by atoms with E-state index in [1.165, 1.54) is 281 Å². The van der Waals surface area contributed by atoms with Crippen LogP contribution in [0.4, 0.5) is 0 Å². The third kappa shape index (κ3) is 34.5. The van der Waals surface area contributed by atoms with Crippen LogP contribution < -0.4 is 0 Å². The topological polar surface area (TPSA) is 0 Å². The smallest absolute Gasteiger partial charge is 0.0654 e.